The first-order valence-electron chi connectivity index (χ1n) is 9.83. The Hall–Kier alpha value is -2.64. The maximum absolute atomic E-state index is 12.4. The molecule has 0 spiro atoms. The Morgan fingerprint density at radius 1 is 1.17 bits per heavy atom. The normalized spacial score (nSPS) is 15.6. The summed E-state index contributed by atoms with van der Waals surface area (Å²) in [5, 5.41) is 3.41. The summed E-state index contributed by atoms with van der Waals surface area (Å²) in [5.41, 5.74) is 1.46. The molecule has 3 aromatic rings. The van der Waals surface area contributed by atoms with Crippen LogP contribution in [0, 0.1) is 5.92 Å². The van der Waals surface area contributed by atoms with Crippen LogP contribution in [0.15, 0.2) is 51.8 Å². The molecule has 1 saturated heterocycles. The lowest BCUT2D eigenvalue weighted by Crippen LogP contribution is -2.39. The van der Waals surface area contributed by atoms with E-state index in [4.69, 9.17) is 16.0 Å². The van der Waals surface area contributed by atoms with Crippen LogP contribution >= 0.6 is 11.6 Å². The van der Waals surface area contributed by atoms with Gasteiger partial charge in [-0.1, -0.05) is 23.7 Å². The Kier molecular flexibility index (Phi) is 5.97. The molecule has 7 nitrogen and oxygen atoms in total. The number of aromatic nitrogens is 2. The summed E-state index contributed by atoms with van der Waals surface area (Å²) < 4.78 is 6.96. The van der Waals surface area contributed by atoms with Crippen molar-refractivity contribution in [2.75, 3.05) is 25.0 Å². The summed E-state index contributed by atoms with van der Waals surface area (Å²) in [6.07, 6.45) is 4.01. The zero-order valence-electron chi connectivity index (χ0n) is 16.0. The number of aryl methyl sites for hydroxylation is 1. The van der Waals surface area contributed by atoms with Crippen molar-refractivity contribution in [3.63, 3.8) is 0 Å². The van der Waals surface area contributed by atoms with Crippen LogP contribution in [0.1, 0.15) is 19.3 Å². The molecule has 0 aliphatic carbocycles. The Balaban J connectivity index is 1.23. The van der Waals surface area contributed by atoms with E-state index in [1.807, 2.05) is 24.3 Å². The lowest BCUT2D eigenvalue weighted by Gasteiger charge is -2.31. The van der Waals surface area contributed by atoms with Crippen molar-refractivity contribution >= 4 is 34.4 Å². The Morgan fingerprint density at radius 3 is 2.72 bits per heavy atom. The highest BCUT2D eigenvalue weighted by molar-refractivity contribution is 6.30. The summed E-state index contributed by atoms with van der Waals surface area (Å²) in [7, 11) is 0. The zero-order valence-corrected chi connectivity index (χ0v) is 16.8. The molecule has 3 heterocycles. The van der Waals surface area contributed by atoms with Gasteiger partial charge in [-0.2, -0.15) is 0 Å². The second kappa shape index (κ2) is 8.80. The van der Waals surface area contributed by atoms with E-state index in [9.17, 15) is 9.59 Å². The average Bonchev–Trinajstić information content (AvgIpc) is 3.05. The summed E-state index contributed by atoms with van der Waals surface area (Å²) in [6, 6.07) is 10.9. The van der Waals surface area contributed by atoms with E-state index in [2.05, 4.69) is 15.2 Å². The molecule has 0 bridgehead atoms. The van der Waals surface area contributed by atoms with Crippen LogP contribution in [-0.2, 0) is 11.3 Å². The number of carbonyl (C=O) groups is 1. The zero-order chi connectivity index (χ0) is 20.2. The molecule has 0 unspecified atom stereocenters. The van der Waals surface area contributed by atoms with Crippen molar-refractivity contribution in [3.8, 4) is 0 Å². The van der Waals surface area contributed by atoms with E-state index in [-0.39, 0.29) is 17.6 Å². The molecule has 1 fully saturated rings. The number of likely N-dealkylation sites (tertiary alicyclic amines) is 1. The van der Waals surface area contributed by atoms with Crippen molar-refractivity contribution in [1.82, 2.24) is 14.5 Å². The van der Waals surface area contributed by atoms with E-state index in [0.717, 1.165) is 44.4 Å². The van der Waals surface area contributed by atoms with E-state index in [0.29, 0.717) is 23.0 Å². The number of oxazole rings is 1. The number of benzene rings is 1. The Morgan fingerprint density at radius 2 is 1.97 bits per heavy atom. The first kappa shape index (κ1) is 19.7. The molecule has 152 valence electrons. The van der Waals surface area contributed by atoms with Crippen LogP contribution in [0.2, 0.25) is 5.02 Å². The molecule has 1 amide bonds. The highest BCUT2D eigenvalue weighted by Crippen LogP contribution is 2.20. The largest absolute Gasteiger partial charge is 0.419 e. The number of halogens is 1. The van der Waals surface area contributed by atoms with Gasteiger partial charge in [-0.3, -0.25) is 9.36 Å². The summed E-state index contributed by atoms with van der Waals surface area (Å²) >= 11 is 5.82. The van der Waals surface area contributed by atoms with Crippen LogP contribution in [0.3, 0.4) is 0 Å². The molecule has 1 aromatic carbocycles. The van der Waals surface area contributed by atoms with E-state index < -0.39 is 0 Å². The van der Waals surface area contributed by atoms with E-state index in [1.165, 1.54) is 6.20 Å². The molecule has 29 heavy (non-hydrogen) atoms. The van der Waals surface area contributed by atoms with Crippen LogP contribution in [-0.4, -0.2) is 40.0 Å². The first-order chi connectivity index (χ1) is 14.1. The standard InChI is InChI=1S/C21H23ClN4O3/c22-16-6-7-19(23-14-16)24-20(27)15-8-12-25(13-9-15)10-3-11-26-17-4-1-2-5-18(17)29-21(26)28/h1-2,4-7,14-15H,3,8-13H2,(H,23,24,27). The second-order valence-electron chi connectivity index (χ2n) is 7.31. The summed E-state index contributed by atoms with van der Waals surface area (Å²) in [4.78, 5) is 30.9. The van der Waals surface area contributed by atoms with Gasteiger partial charge >= 0.3 is 5.76 Å². The fourth-order valence-corrected chi connectivity index (χ4v) is 3.89. The molecule has 1 N–H and O–H groups in total. The third-order valence-electron chi connectivity index (χ3n) is 5.37. The van der Waals surface area contributed by atoms with Crippen LogP contribution in [0.25, 0.3) is 11.1 Å². The SMILES string of the molecule is O=C(Nc1ccc(Cl)cn1)C1CCN(CCCn2c(=O)oc3ccccc32)CC1. The monoisotopic (exact) mass is 414 g/mol. The molecule has 1 aliphatic heterocycles. The lowest BCUT2D eigenvalue weighted by molar-refractivity contribution is -0.121. The van der Waals surface area contributed by atoms with E-state index >= 15 is 0 Å². The molecular weight excluding hydrogens is 392 g/mol. The van der Waals surface area contributed by atoms with Gasteiger partial charge in [0.1, 0.15) is 5.82 Å². The highest BCUT2D eigenvalue weighted by Gasteiger charge is 2.25. The van der Waals surface area contributed by atoms with Gasteiger partial charge in [0, 0.05) is 18.7 Å². The fraction of sp³-hybridized carbons (Fsp3) is 0.381. The fourth-order valence-electron chi connectivity index (χ4n) is 3.77. The number of carbonyl (C=O) groups excluding carboxylic acids is 1. The molecule has 0 atom stereocenters. The third-order valence-corrected chi connectivity index (χ3v) is 5.59. The number of para-hydroxylation sites is 2. The number of amides is 1. The highest BCUT2D eigenvalue weighted by atomic mass is 35.5. The minimum Gasteiger partial charge on any atom is -0.408 e. The van der Waals surface area contributed by atoms with Crippen molar-refractivity contribution in [2.45, 2.75) is 25.8 Å². The van der Waals surface area contributed by atoms with Gasteiger partial charge in [0.15, 0.2) is 5.58 Å². The first-order valence-corrected chi connectivity index (χ1v) is 10.2. The van der Waals surface area contributed by atoms with Crippen molar-refractivity contribution in [3.05, 3.63) is 58.2 Å². The number of pyridine rings is 1. The van der Waals surface area contributed by atoms with E-state index in [1.54, 1.807) is 16.7 Å². The number of nitrogens with one attached hydrogen (secondary N) is 1. The number of fused-ring (bicyclic) bond motifs is 1. The molecule has 8 heteroatoms. The van der Waals surface area contributed by atoms with Gasteiger partial charge in [-0.15, -0.1) is 0 Å². The third kappa shape index (κ3) is 4.68. The lowest BCUT2D eigenvalue weighted by atomic mass is 9.96. The van der Waals surface area contributed by atoms with Gasteiger partial charge in [0.25, 0.3) is 0 Å². The number of hydrogen-bond donors (Lipinski definition) is 1. The molecular formula is C21H23ClN4O3. The smallest absolute Gasteiger partial charge is 0.408 e. The molecule has 2 aromatic heterocycles. The topological polar surface area (TPSA) is 80.4 Å². The molecule has 0 radical (unpaired) electrons. The Bertz CT molecular complexity index is 1040. The number of piperidine rings is 1. The van der Waals surface area contributed by atoms with Gasteiger partial charge in [0.2, 0.25) is 5.91 Å². The number of rotatable bonds is 6. The number of nitrogens with zero attached hydrogens (tertiary/aromatic N) is 3. The van der Waals surface area contributed by atoms with Gasteiger partial charge < -0.3 is 14.6 Å². The van der Waals surface area contributed by atoms with Gasteiger partial charge in [-0.25, -0.2) is 9.78 Å². The van der Waals surface area contributed by atoms with Crippen molar-refractivity contribution in [1.29, 1.82) is 0 Å². The maximum atomic E-state index is 12.4. The summed E-state index contributed by atoms with van der Waals surface area (Å²) in [6.45, 7) is 3.25. The van der Waals surface area contributed by atoms with Crippen molar-refractivity contribution in [2.24, 2.45) is 5.92 Å². The van der Waals surface area contributed by atoms with Gasteiger partial charge in [0.05, 0.1) is 10.5 Å². The Labute approximate surface area is 173 Å². The van der Waals surface area contributed by atoms with Crippen LogP contribution in [0.5, 0.6) is 0 Å². The predicted molar refractivity (Wildman–Crippen MR) is 112 cm³/mol. The quantitative estimate of drug-likeness (QED) is 0.668. The molecule has 0 saturated carbocycles. The predicted octanol–water partition coefficient (Wildman–Crippen LogP) is 3.38. The molecule has 4 rings (SSSR count). The summed E-state index contributed by atoms with van der Waals surface area (Å²) in [5.74, 6) is 0.219. The van der Waals surface area contributed by atoms with Crippen LogP contribution in [0.4, 0.5) is 5.82 Å². The minimum absolute atomic E-state index is 0.0100. The van der Waals surface area contributed by atoms with Crippen LogP contribution < -0.4 is 11.1 Å². The molecule has 1 aliphatic rings. The van der Waals surface area contributed by atoms with Crippen molar-refractivity contribution < 1.29 is 9.21 Å². The second-order valence-corrected chi connectivity index (χ2v) is 7.74. The van der Waals surface area contributed by atoms with Gasteiger partial charge in [-0.05, 0) is 63.2 Å². The number of anilines is 1. The minimum atomic E-state index is -0.308. The maximum Gasteiger partial charge on any atom is 0.419 e. The average molecular weight is 415 g/mol. The number of hydrogen-bond acceptors (Lipinski definition) is 5.